The standard InChI is InChI=1S/C25H31N5O6/c1-27-21-17-18(6-7-19(21)30(24(27)33)20-8-9-22(31)26-23(20)32)5-4-16-36-15-3-2-10-28-11-13-29(14-12-28)25(34)35/h6-7,17,20H,2-3,8-16H2,1H3,(H,34,35)(H,26,31,32). The molecule has 0 saturated carbocycles. The second-order valence-corrected chi connectivity index (χ2v) is 9.05. The Kier molecular flexibility index (Phi) is 8.07. The lowest BCUT2D eigenvalue weighted by Crippen LogP contribution is -2.48. The minimum Gasteiger partial charge on any atom is -0.465 e. The lowest BCUT2D eigenvalue weighted by atomic mass is 10.1. The van der Waals surface area contributed by atoms with Crippen molar-refractivity contribution in [3.8, 4) is 11.8 Å². The van der Waals surface area contributed by atoms with Crippen LogP contribution in [0.25, 0.3) is 11.0 Å². The molecule has 2 aliphatic heterocycles. The minimum absolute atomic E-state index is 0.201. The molecule has 2 aromatic rings. The number of piperidine rings is 1. The molecule has 1 aromatic heterocycles. The maximum absolute atomic E-state index is 12.8. The molecule has 1 atom stereocenters. The third kappa shape index (κ3) is 5.78. The summed E-state index contributed by atoms with van der Waals surface area (Å²) in [5.41, 5.74) is 1.73. The predicted molar refractivity (Wildman–Crippen MR) is 132 cm³/mol. The number of hydrogen-bond acceptors (Lipinski definition) is 6. The molecule has 36 heavy (non-hydrogen) atoms. The van der Waals surface area contributed by atoms with E-state index in [0.717, 1.165) is 38.0 Å². The van der Waals surface area contributed by atoms with Crippen LogP contribution in [0.15, 0.2) is 23.0 Å². The summed E-state index contributed by atoms with van der Waals surface area (Å²) >= 11 is 0. The van der Waals surface area contributed by atoms with E-state index in [4.69, 9.17) is 9.84 Å². The van der Waals surface area contributed by atoms with E-state index in [-0.39, 0.29) is 18.0 Å². The summed E-state index contributed by atoms with van der Waals surface area (Å²) in [7, 11) is 1.65. The maximum atomic E-state index is 12.8. The summed E-state index contributed by atoms with van der Waals surface area (Å²) < 4.78 is 8.55. The van der Waals surface area contributed by atoms with Crippen LogP contribution in [0.2, 0.25) is 0 Å². The highest BCUT2D eigenvalue weighted by Crippen LogP contribution is 2.23. The topological polar surface area (TPSA) is 126 Å². The van der Waals surface area contributed by atoms with Gasteiger partial charge in [0.05, 0.1) is 11.0 Å². The van der Waals surface area contributed by atoms with Crippen molar-refractivity contribution >= 4 is 28.9 Å². The Morgan fingerprint density at radius 1 is 1.14 bits per heavy atom. The van der Waals surface area contributed by atoms with E-state index >= 15 is 0 Å². The molecule has 2 saturated heterocycles. The SMILES string of the molecule is Cn1c(=O)n(C2CCC(=O)NC2=O)c2ccc(C#CCOCCCCN3CCN(C(=O)O)CC3)cc21. The zero-order valence-electron chi connectivity index (χ0n) is 20.4. The second kappa shape index (κ2) is 11.4. The van der Waals surface area contributed by atoms with Gasteiger partial charge in [-0.3, -0.25) is 28.9 Å². The third-order valence-electron chi connectivity index (χ3n) is 6.67. The summed E-state index contributed by atoms with van der Waals surface area (Å²) in [6, 6.07) is 4.69. The highest BCUT2D eigenvalue weighted by atomic mass is 16.5. The first kappa shape index (κ1) is 25.5. The van der Waals surface area contributed by atoms with Gasteiger partial charge in [-0.15, -0.1) is 0 Å². The van der Waals surface area contributed by atoms with E-state index in [1.165, 1.54) is 14.0 Å². The van der Waals surface area contributed by atoms with Crippen LogP contribution in [0.5, 0.6) is 0 Å². The Bertz CT molecular complexity index is 1260. The van der Waals surface area contributed by atoms with Crippen LogP contribution in [0.4, 0.5) is 4.79 Å². The van der Waals surface area contributed by atoms with Crippen LogP contribution < -0.4 is 11.0 Å². The van der Waals surface area contributed by atoms with Gasteiger partial charge < -0.3 is 14.7 Å². The van der Waals surface area contributed by atoms with Gasteiger partial charge in [-0.2, -0.15) is 0 Å². The molecule has 192 valence electrons. The largest absolute Gasteiger partial charge is 0.465 e. The number of imide groups is 1. The number of hydrogen-bond donors (Lipinski definition) is 2. The Hall–Kier alpha value is -3.62. The molecule has 0 spiro atoms. The number of nitrogens with zero attached hydrogens (tertiary/aromatic N) is 4. The third-order valence-corrected chi connectivity index (χ3v) is 6.67. The molecule has 3 heterocycles. The number of nitrogens with one attached hydrogen (secondary N) is 1. The number of piperazine rings is 1. The van der Waals surface area contributed by atoms with Gasteiger partial charge in [0.25, 0.3) is 0 Å². The number of aromatic nitrogens is 2. The summed E-state index contributed by atoms with van der Waals surface area (Å²) in [4.78, 5) is 51.3. The van der Waals surface area contributed by atoms with Crippen molar-refractivity contribution in [3.63, 3.8) is 0 Å². The van der Waals surface area contributed by atoms with E-state index in [1.807, 2.05) is 6.07 Å². The molecule has 11 nitrogen and oxygen atoms in total. The van der Waals surface area contributed by atoms with Crippen LogP contribution in [-0.4, -0.2) is 87.9 Å². The van der Waals surface area contributed by atoms with E-state index < -0.39 is 18.0 Å². The minimum atomic E-state index is -0.848. The average molecular weight is 498 g/mol. The van der Waals surface area contributed by atoms with E-state index in [0.29, 0.717) is 43.8 Å². The fourth-order valence-electron chi connectivity index (χ4n) is 4.63. The lowest BCUT2D eigenvalue weighted by molar-refractivity contribution is -0.135. The number of imidazole rings is 1. The molecule has 2 aliphatic rings. The van der Waals surface area contributed by atoms with Crippen LogP contribution in [-0.2, 0) is 21.4 Å². The van der Waals surface area contributed by atoms with Crippen LogP contribution >= 0.6 is 0 Å². The van der Waals surface area contributed by atoms with Crippen LogP contribution in [0.1, 0.15) is 37.3 Å². The number of carbonyl (C=O) groups is 3. The van der Waals surface area contributed by atoms with Crippen molar-refractivity contribution in [2.45, 2.75) is 31.7 Å². The number of benzene rings is 1. The molecule has 11 heteroatoms. The van der Waals surface area contributed by atoms with E-state index in [1.54, 1.807) is 19.2 Å². The number of ether oxygens (including phenoxy) is 1. The Morgan fingerprint density at radius 2 is 1.92 bits per heavy atom. The summed E-state index contributed by atoms with van der Waals surface area (Å²) in [5.74, 6) is 5.28. The number of amides is 3. The first-order valence-corrected chi connectivity index (χ1v) is 12.2. The monoisotopic (exact) mass is 497 g/mol. The molecular weight excluding hydrogens is 466 g/mol. The molecule has 1 aromatic carbocycles. The molecule has 3 amide bonds. The second-order valence-electron chi connectivity index (χ2n) is 9.05. The number of carbonyl (C=O) groups excluding carboxylic acids is 2. The van der Waals surface area contributed by atoms with Crippen molar-refractivity contribution in [1.29, 1.82) is 0 Å². The number of aryl methyl sites for hydroxylation is 1. The number of fused-ring (bicyclic) bond motifs is 1. The van der Waals surface area contributed by atoms with Gasteiger partial charge in [-0.25, -0.2) is 9.59 Å². The molecule has 2 fully saturated rings. The quantitative estimate of drug-likeness (QED) is 0.329. The predicted octanol–water partition coefficient (Wildman–Crippen LogP) is 0.762. The van der Waals surface area contributed by atoms with Crippen molar-refractivity contribution in [1.82, 2.24) is 24.3 Å². The maximum Gasteiger partial charge on any atom is 0.407 e. The fraction of sp³-hybridized carbons (Fsp3) is 0.520. The molecule has 0 aliphatic carbocycles. The Morgan fingerprint density at radius 3 is 2.64 bits per heavy atom. The molecule has 1 unspecified atom stereocenters. The zero-order chi connectivity index (χ0) is 25.7. The molecule has 2 N–H and O–H groups in total. The molecular formula is C25H31N5O6. The Labute approximate surface area is 208 Å². The summed E-state index contributed by atoms with van der Waals surface area (Å²) in [6.45, 7) is 4.49. The van der Waals surface area contributed by atoms with Crippen molar-refractivity contribution in [2.75, 3.05) is 45.9 Å². The van der Waals surface area contributed by atoms with Gasteiger partial charge in [-0.1, -0.05) is 11.8 Å². The van der Waals surface area contributed by atoms with Gasteiger partial charge in [-0.05, 0) is 44.0 Å². The van der Waals surface area contributed by atoms with Gasteiger partial charge in [0.15, 0.2) is 0 Å². The van der Waals surface area contributed by atoms with E-state index in [9.17, 15) is 19.2 Å². The van der Waals surface area contributed by atoms with Crippen molar-refractivity contribution < 1.29 is 24.2 Å². The Balaban J connectivity index is 1.25. The van der Waals surface area contributed by atoms with Crippen LogP contribution in [0, 0.1) is 11.8 Å². The molecule has 0 bridgehead atoms. The number of carboxylic acid groups (broad SMARTS) is 1. The summed E-state index contributed by atoms with van der Waals surface area (Å²) in [5, 5.41) is 11.3. The summed E-state index contributed by atoms with van der Waals surface area (Å²) in [6.07, 6.45) is 1.54. The van der Waals surface area contributed by atoms with Crippen molar-refractivity contribution in [2.24, 2.45) is 7.05 Å². The zero-order valence-corrected chi connectivity index (χ0v) is 20.4. The molecule has 4 rings (SSSR count). The van der Waals surface area contributed by atoms with Gasteiger partial charge in [0.1, 0.15) is 12.6 Å². The van der Waals surface area contributed by atoms with Gasteiger partial charge in [0.2, 0.25) is 11.8 Å². The number of rotatable bonds is 7. The fourth-order valence-corrected chi connectivity index (χ4v) is 4.63. The average Bonchev–Trinajstić information content (AvgIpc) is 3.10. The van der Waals surface area contributed by atoms with Crippen LogP contribution in [0.3, 0.4) is 0 Å². The first-order chi connectivity index (χ1) is 17.3. The van der Waals surface area contributed by atoms with E-state index in [2.05, 4.69) is 22.1 Å². The lowest BCUT2D eigenvalue weighted by Gasteiger charge is -2.32. The highest BCUT2D eigenvalue weighted by molar-refractivity contribution is 6.00. The van der Waals surface area contributed by atoms with Gasteiger partial charge in [0, 0.05) is 51.8 Å². The van der Waals surface area contributed by atoms with Crippen molar-refractivity contribution in [3.05, 3.63) is 34.2 Å². The smallest absolute Gasteiger partial charge is 0.407 e. The highest BCUT2D eigenvalue weighted by Gasteiger charge is 2.31. The first-order valence-electron chi connectivity index (χ1n) is 12.2. The molecule has 0 radical (unpaired) electrons. The van der Waals surface area contributed by atoms with Gasteiger partial charge >= 0.3 is 11.8 Å². The normalized spacial score (nSPS) is 18.7. The number of unbranched alkanes of at least 4 members (excludes halogenated alkanes) is 1.